The Balaban J connectivity index is 2.72. The summed E-state index contributed by atoms with van der Waals surface area (Å²) in [6, 6.07) is 0.766. The van der Waals surface area contributed by atoms with Gasteiger partial charge in [0.15, 0.2) is 0 Å². The van der Waals surface area contributed by atoms with E-state index in [1.54, 1.807) is 0 Å². The van der Waals surface area contributed by atoms with Crippen LogP contribution < -0.4 is 0 Å². The van der Waals surface area contributed by atoms with Gasteiger partial charge in [0.05, 0.1) is 6.61 Å². The van der Waals surface area contributed by atoms with Crippen molar-refractivity contribution in [3.63, 3.8) is 0 Å². The third kappa shape index (κ3) is 3.99. The van der Waals surface area contributed by atoms with Crippen LogP contribution in [0.4, 0.5) is 0 Å². The molecule has 0 fully saturated rings. The number of hydrogen-bond acceptors (Lipinski definition) is 3. The highest BCUT2D eigenvalue weighted by molar-refractivity contribution is 7.14. The van der Waals surface area contributed by atoms with Gasteiger partial charge in [0.25, 0.3) is 0 Å². The van der Waals surface area contributed by atoms with Crippen LogP contribution in [-0.4, -0.2) is 28.0 Å². The molecule has 6 heteroatoms. The normalized spacial score (nSPS) is 19.2. The molecule has 0 radical (unpaired) electrons. The molecule has 1 aliphatic rings. The number of rotatable bonds is 5. The zero-order chi connectivity index (χ0) is 13.9. The zero-order valence-corrected chi connectivity index (χ0v) is 15.1. The molecular weight excluding hydrogens is 281 g/mol. The molecule has 5 atom stereocenters. The van der Waals surface area contributed by atoms with Gasteiger partial charge in [-0.25, -0.2) is 0 Å². The first-order valence-electron chi connectivity index (χ1n) is 6.14. The molecule has 1 aliphatic heterocycles. The molecule has 0 saturated heterocycles. The quantitative estimate of drug-likeness (QED) is 0.725. The van der Waals surface area contributed by atoms with Crippen LogP contribution in [0.3, 0.4) is 0 Å². The Labute approximate surface area is 118 Å². The Bertz CT molecular complexity index is 353. The predicted octanol–water partition coefficient (Wildman–Crippen LogP) is 3.34. The Morgan fingerprint density at radius 3 is 2.56 bits per heavy atom. The van der Waals surface area contributed by atoms with Crippen LogP contribution in [0.5, 0.6) is 0 Å². The van der Waals surface area contributed by atoms with E-state index in [1.807, 2.05) is 0 Å². The van der Waals surface area contributed by atoms with Crippen molar-refractivity contribution in [1.82, 2.24) is 9.34 Å². The van der Waals surface area contributed by atoms with Crippen molar-refractivity contribution >= 4 is 28.2 Å². The lowest BCUT2D eigenvalue weighted by Gasteiger charge is -2.30. The third-order valence-electron chi connectivity index (χ3n) is 3.40. The van der Waals surface area contributed by atoms with Crippen LogP contribution in [0, 0.1) is 0 Å². The SMILES string of the molecule is CC(C)=C1CC(C(C)N(P)C(C)COP)=CN1P. The topological polar surface area (TPSA) is 15.7 Å². The van der Waals surface area contributed by atoms with Gasteiger partial charge in [-0.05, 0) is 42.7 Å². The van der Waals surface area contributed by atoms with E-state index in [-0.39, 0.29) is 0 Å². The molecular formula is C12H25N2OP3. The summed E-state index contributed by atoms with van der Waals surface area (Å²) in [6.07, 6.45) is 3.26. The van der Waals surface area contributed by atoms with E-state index in [4.69, 9.17) is 4.52 Å². The fraction of sp³-hybridized carbons (Fsp3) is 0.667. The summed E-state index contributed by atoms with van der Waals surface area (Å²) < 4.78 is 9.58. The summed E-state index contributed by atoms with van der Waals surface area (Å²) in [4.78, 5) is 0. The minimum atomic E-state index is 0.372. The van der Waals surface area contributed by atoms with Crippen LogP contribution in [0.1, 0.15) is 34.1 Å². The van der Waals surface area contributed by atoms with E-state index in [1.165, 1.54) is 16.8 Å². The molecule has 0 aromatic carbocycles. The van der Waals surface area contributed by atoms with E-state index in [0.717, 1.165) is 6.42 Å². The lowest BCUT2D eigenvalue weighted by Crippen LogP contribution is -2.35. The Morgan fingerprint density at radius 1 is 1.50 bits per heavy atom. The van der Waals surface area contributed by atoms with Crippen molar-refractivity contribution < 1.29 is 4.52 Å². The molecule has 0 aromatic rings. The summed E-state index contributed by atoms with van der Waals surface area (Å²) in [5.41, 5.74) is 4.20. The predicted molar refractivity (Wildman–Crippen MR) is 88.8 cm³/mol. The summed E-state index contributed by atoms with van der Waals surface area (Å²) >= 11 is 0. The van der Waals surface area contributed by atoms with E-state index in [9.17, 15) is 0 Å². The van der Waals surface area contributed by atoms with Crippen molar-refractivity contribution in [2.45, 2.75) is 46.2 Å². The van der Waals surface area contributed by atoms with Gasteiger partial charge in [-0.2, -0.15) is 0 Å². The van der Waals surface area contributed by atoms with Gasteiger partial charge < -0.3 is 9.19 Å². The fourth-order valence-corrected chi connectivity index (χ4v) is 3.17. The second kappa shape index (κ2) is 7.32. The molecule has 1 heterocycles. The first-order chi connectivity index (χ1) is 8.38. The Hall–Kier alpha value is 0.490. The molecule has 18 heavy (non-hydrogen) atoms. The standard InChI is InChI=1S/C12H25N2OP3/c1-8(2)12-5-11(6-13(12)16)10(4)14(17)9(3)7-15-18/h6,9-10H,5,7,16-18H2,1-4H3. The molecule has 0 aromatic heterocycles. The number of nitrogens with zero attached hydrogens (tertiary/aromatic N) is 2. The lowest BCUT2D eigenvalue weighted by atomic mass is 10.0. The first kappa shape index (κ1) is 16.5. The number of hydrogen-bond donors (Lipinski definition) is 0. The second-order valence-electron chi connectivity index (χ2n) is 5.04. The van der Waals surface area contributed by atoms with Crippen molar-refractivity contribution in [3.8, 4) is 0 Å². The monoisotopic (exact) mass is 306 g/mol. The van der Waals surface area contributed by atoms with Crippen LogP contribution in [0.25, 0.3) is 0 Å². The van der Waals surface area contributed by atoms with Crippen LogP contribution in [0.15, 0.2) is 23.0 Å². The third-order valence-corrected chi connectivity index (χ3v) is 5.00. The van der Waals surface area contributed by atoms with Crippen molar-refractivity contribution in [2.24, 2.45) is 0 Å². The van der Waals surface area contributed by atoms with E-state index in [2.05, 4.69) is 71.5 Å². The summed E-state index contributed by atoms with van der Waals surface area (Å²) in [5.74, 6) is 0. The summed E-state index contributed by atoms with van der Waals surface area (Å²) in [5, 5.41) is 0. The smallest absolute Gasteiger partial charge is 0.0658 e. The number of allylic oxidation sites excluding steroid dienone is 2. The molecule has 0 bridgehead atoms. The molecule has 0 amide bonds. The minimum absolute atomic E-state index is 0.372. The first-order valence-corrected chi connectivity index (χ1v) is 7.64. The fourth-order valence-electron chi connectivity index (χ4n) is 2.08. The average molecular weight is 306 g/mol. The Morgan fingerprint density at radius 2 is 2.11 bits per heavy atom. The van der Waals surface area contributed by atoms with E-state index < -0.39 is 0 Å². The van der Waals surface area contributed by atoms with Gasteiger partial charge in [0.2, 0.25) is 0 Å². The highest BCUT2D eigenvalue weighted by Gasteiger charge is 2.25. The van der Waals surface area contributed by atoms with Crippen molar-refractivity contribution in [1.29, 1.82) is 0 Å². The van der Waals surface area contributed by atoms with Crippen molar-refractivity contribution in [3.05, 3.63) is 23.0 Å². The highest BCUT2D eigenvalue weighted by Crippen LogP contribution is 2.34. The minimum Gasteiger partial charge on any atom is -0.364 e. The maximum atomic E-state index is 5.14. The average Bonchev–Trinajstić information content (AvgIpc) is 2.69. The zero-order valence-electron chi connectivity index (χ0n) is 11.7. The maximum Gasteiger partial charge on any atom is 0.0658 e. The van der Waals surface area contributed by atoms with Crippen LogP contribution >= 0.6 is 28.2 Å². The lowest BCUT2D eigenvalue weighted by molar-refractivity contribution is 0.231. The van der Waals surface area contributed by atoms with E-state index >= 15 is 0 Å². The molecule has 104 valence electrons. The molecule has 0 spiro atoms. The molecule has 0 saturated carbocycles. The van der Waals surface area contributed by atoms with Crippen molar-refractivity contribution in [2.75, 3.05) is 6.61 Å². The molecule has 3 nitrogen and oxygen atoms in total. The summed E-state index contributed by atoms with van der Waals surface area (Å²) in [6.45, 7) is 9.45. The molecule has 1 rings (SSSR count). The van der Waals surface area contributed by atoms with Gasteiger partial charge >= 0.3 is 0 Å². The Kier molecular flexibility index (Phi) is 6.73. The molecule has 0 N–H and O–H groups in total. The molecule has 5 unspecified atom stereocenters. The van der Waals surface area contributed by atoms with E-state index in [0.29, 0.717) is 18.7 Å². The van der Waals surface area contributed by atoms with Crippen LogP contribution in [0.2, 0.25) is 0 Å². The van der Waals surface area contributed by atoms with Gasteiger partial charge in [-0.15, -0.1) is 0 Å². The highest BCUT2D eigenvalue weighted by atomic mass is 31.0. The maximum absolute atomic E-state index is 5.14. The largest absolute Gasteiger partial charge is 0.364 e. The van der Waals surface area contributed by atoms with Gasteiger partial charge in [-0.3, -0.25) is 4.67 Å². The van der Waals surface area contributed by atoms with Gasteiger partial charge in [0, 0.05) is 39.9 Å². The van der Waals surface area contributed by atoms with Gasteiger partial charge in [0.1, 0.15) is 0 Å². The molecule has 0 aliphatic carbocycles. The second-order valence-corrected chi connectivity index (χ2v) is 6.53. The summed E-state index contributed by atoms with van der Waals surface area (Å²) in [7, 11) is 7.91. The van der Waals surface area contributed by atoms with Gasteiger partial charge in [-0.1, -0.05) is 15.0 Å². The van der Waals surface area contributed by atoms with Crippen LogP contribution in [-0.2, 0) is 4.52 Å².